The molecule has 0 bridgehead atoms. The fraction of sp³-hybridized carbons (Fsp3) is 0.167. The van der Waals surface area contributed by atoms with Crippen molar-refractivity contribution in [3.63, 3.8) is 0 Å². The molecule has 0 atom stereocenters. The fourth-order valence-electron chi connectivity index (χ4n) is 1.14. The molecule has 0 unspecified atom stereocenters. The topological polar surface area (TPSA) is 43.1 Å². The van der Waals surface area contributed by atoms with E-state index in [2.05, 4.69) is 0 Å². The number of unbranched alkanes of at least 4 members (excludes halogenated alkanes) is 1. The van der Waals surface area contributed by atoms with E-state index in [1.165, 1.54) is 0 Å². The van der Waals surface area contributed by atoms with E-state index in [9.17, 15) is 10.1 Å². The Morgan fingerprint density at radius 2 is 1.80 bits per heavy atom. The average molecular weight is 203 g/mol. The maximum Gasteiger partial charge on any atom is 0.230 e. The molecule has 0 spiro atoms. The number of rotatable bonds is 5. The van der Waals surface area contributed by atoms with Gasteiger partial charge in [0.1, 0.15) is 0 Å². The number of allylic oxidation sites excluding steroid dienone is 2. The Hall–Kier alpha value is -1.90. The van der Waals surface area contributed by atoms with E-state index >= 15 is 0 Å². The molecule has 0 aliphatic carbocycles. The summed E-state index contributed by atoms with van der Waals surface area (Å²) in [4.78, 5) is 9.51. The smallest absolute Gasteiger partial charge is 0.230 e. The van der Waals surface area contributed by atoms with Crippen LogP contribution in [0.2, 0.25) is 0 Å². The van der Waals surface area contributed by atoms with Gasteiger partial charge in [-0.3, -0.25) is 10.1 Å². The molecule has 0 radical (unpaired) electrons. The summed E-state index contributed by atoms with van der Waals surface area (Å²) in [6.45, 7) is 0. The molecule has 0 heterocycles. The van der Waals surface area contributed by atoms with Gasteiger partial charge in [-0.25, -0.2) is 0 Å². The van der Waals surface area contributed by atoms with Crippen molar-refractivity contribution in [1.82, 2.24) is 0 Å². The Morgan fingerprint density at radius 3 is 2.47 bits per heavy atom. The van der Waals surface area contributed by atoms with Gasteiger partial charge in [-0.2, -0.15) is 0 Å². The maximum absolute atomic E-state index is 9.95. The van der Waals surface area contributed by atoms with Gasteiger partial charge in [0, 0.05) is 0 Å². The first kappa shape index (κ1) is 11.2. The maximum atomic E-state index is 9.95. The van der Waals surface area contributed by atoms with Gasteiger partial charge in [-0.05, 0) is 24.5 Å². The Balaban J connectivity index is 2.26. The zero-order valence-corrected chi connectivity index (χ0v) is 8.37. The lowest BCUT2D eigenvalue weighted by Gasteiger charge is -1.90. The van der Waals surface area contributed by atoms with E-state index in [1.807, 2.05) is 42.5 Å². The monoisotopic (exact) mass is 203 g/mol. The molecule has 1 rings (SSSR count). The molecule has 1 aromatic rings. The van der Waals surface area contributed by atoms with Gasteiger partial charge in [0.05, 0.1) is 4.92 Å². The van der Waals surface area contributed by atoms with Crippen LogP contribution < -0.4 is 0 Å². The van der Waals surface area contributed by atoms with Gasteiger partial charge in [0.25, 0.3) is 0 Å². The number of benzene rings is 1. The molecule has 3 heteroatoms. The van der Waals surface area contributed by atoms with Crippen LogP contribution in [-0.4, -0.2) is 4.92 Å². The van der Waals surface area contributed by atoms with Crippen molar-refractivity contribution >= 4 is 6.08 Å². The molecule has 1 aromatic carbocycles. The van der Waals surface area contributed by atoms with Crippen LogP contribution in [0.3, 0.4) is 0 Å². The Morgan fingerprint density at radius 1 is 1.13 bits per heavy atom. The molecule has 0 aliphatic heterocycles. The van der Waals surface area contributed by atoms with Crippen LogP contribution in [0.5, 0.6) is 0 Å². The highest BCUT2D eigenvalue weighted by Gasteiger charge is 1.84. The third-order valence-electron chi connectivity index (χ3n) is 1.84. The summed E-state index contributed by atoms with van der Waals surface area (Å²) in [7, 11) is 0. The Bertz CT molecular complexity index is 355. The Kier molecular flexibility index (Phi) is 4.87. The highest BCUT2D eigenvalue weighted by molar-refractivity contribution is 5.48. The van der Waals surface area contributed by atoms with Crippen LogP contribution in [0.15, 0.2) is 48.7 Å². The van der Waals surface area contributed by atoms with Crippen LogP contribution >= 0.6 is 0 Å². The number of nitrogens with zero attached hydrogens (tertiary/aromatic N) is 1. The molecular weight excluding hydrogens is 190 g/mol. The largest absolute Gasteiger partial charge is 0.259 e. The van der Waals surface area contributed by atoms with Crippen LogP contribution in [0.1, 0.15) is 18.4 Å². The van der Waals surface area contributed by atoms with Crippen LogP contribution in [0.4, 0.5) is 0 Å². The Labute approximate surface area is 88.9 Å². The second kappa shape index (κ2) is 6.54. The first-order valence-corrected chi connectivity index (χ1v) is 4.81. The normalized spacial score (nSPS) is 11.2. The van der Waals surface area contributed by atoms with Crippen molar-refractivity contribution in [2.24, 2.45) is 0 Å². The van der Waals surface area contributed by atoms with Gasteiger partial charge >= 0.3 is 0 Å². The average Bonchev–Trinajstić information content (AvgIpc) is 2.24. The first-order valence-electron chi connectivity index (χ1n) is 4.81. The zero-order valence-electron chi connectivity index (χ0n) is 8.37. The van der Waals surface area contributed by atoms with E-state index in [1.54, 1.807) is 6.08 Å². The highest BCUT2D eigenvalue weighted by Crippen LogP contribution is 2.03. The lowest BCUT2D eigenvalue weighted by Crippen LogP contribution is -1.81. The molecule has 3 nitrogen and oxygen atoms in total. The summed E-state index contributed by atoms with van der Waals surface area (Å²) < 4.78 is 0. The second-order valence-corrected chi connectivity index (χ2v) is 3.06. The van der Waals surface area contributed by atoms with Gasteiger partial charge < -0.3 is 0 Å². The van der Waals surface area contributed by atoms with Gasteiger partial charge in [0.2, 0.25) is 6.20 Å². The molecule has 0 saturated heterocycles. The third kappa shape index (κ3) is 5.41. The predicted molar refractivity (Wildman–Crippen MR) is 60.8 cm³/mol. The standard InChI is InChI=1S/C12H13NO2/c14-13(15)11-7-2-1-4-8-12-9-5-3-6-10-12/h3-11H,1-2H2/b8-4+,11-7+. The molecule has 0 saturated carbocycles. The van der Waals surface area contributed by atoms with Crippen molar-refractivity contribution < 1.29 is 4.92 Å². The molecule has 0 amide bonds. The van der Waals surface area contributed by atoms with Crippen LogP contribution in [-0.2, 0) is 0 Å². The van der Waals surface area contributed by atoms with Crippen molar-refractivity contribution in [3.8, 4) is 0 Å². The van der Waals surface area contributed by atoms with E-state index in [0.29, 0.717) is 6.42 Å². The summed E-state index contributed by atoms with van der Waals surface area (Å²) in [6.07, 6.45) is 8.09. The summed E-state index contributed by atoms with van der Waals surface area (Å²) in [5.41, 5.74) is 1.15. The molecule has 0 aliphatic rings. The summed E-state index contributed by atoms with van der Waals surface area (Å²) in [5, 5.41) is 9.95. The molecule has 78 valence electrons. The number of hydrogen-bond acceptors (Lipinski definition) is 2. The van der Waals surface area contributed by atoms with E-state index in [-0.39, 0.29) is 0 Å². The van der Waals surface area contributed by atoms with E-state index < -0.39 is 4.92 Å². The molecule has 0 N–H and O–H groups in total. The summed E-state index contributed by atoms with van der Waals surface area (Å²) in [6, 6.07) is 9.96. The van der Waals surface area contributed by atoms with Gasteiger partial charge in [-0.1, -0.05) is 42.5 Å². The van der Waals surface area contributed by atoms with E-state index in [0.717, 1.165) is 18.2 Å². The number of nitro groups is 1. The predicted octanol–water partition coefficient (Wildman–Crippen LogP) is 3.27. The molecule has 0 fully saturated rings. The fourth-order valence-corrected chi connectivity index (χ4v) is 1.14. The summed E-state index contributed by atoms with van der Waals surface area (Å²) >= 11 is 0. The van der Waals surface area contributed by atoms with Crippen molar-refractivity contribution in [2.75, 3.05) is 0 Å². The lowest BCUT2D eigenvalue weighted by atomic mass is 10.2. The second-order valence-electron chi connectivity index (χ2n) is 3.06. The molecule has 0 aromatic heterocycles. The SMILES string of the molecule is O=[N+]([O-])/C=C/CC/C=C/c1ccccc1. The van der Waals surface area contributed by atoms with Crippen molar-refractivity contribution in [3.05, 3.63) is 64.4 Å². The number of hydrogen-bond donors (Lipinski definition) is 0. The lowest BCUT2D eigenvalue weighted by molar-refractivity contribution is -0.402. The van der Waals surface area contributed by atoms with Crippen LogP contribution in [0, 0.1) is 10.1 Å². The first-order chi connectivity index (χ1) is 7.29. The minimum atomic E-state index is -0.444. The minimum Gasteiger partial charge on any atom is -0.259 e. The molecule has 15 heavy (non-hydrogen) atoms. The minimum absolute atomic E-state index is 0.444. The molecular formula is C12H13NO2. The van der Waals surface area contributed by atoms with Crippen molar-refractivity contribution in [1.29, 1.82) is 0 Å². The van der Waals surface area contributed by atoms with Gasteiger partial charge in [0.15, 0.2) is 0 Å². The highest BCUT2D eigenvalue weighted by atomic mass is 16.6. The van der Waals surface area contributed by atoms with Gasteiger partial charge in [-0.15, -0.1) is 0 Å². The zero-order chi connectivity index (χ0) is 10.9. The van der Waals surface area contributed by atoms with Crippen LogP contribution in [0.25, 0.3) is 6.08 Å². The third-order valence-corrected chi connectivity index (χ3v) is 1.84. The van der Waals surface area contributed by atoms with E-state index in [4.69, 9.17) is 0 Å². The van der Waals surface area contributed by atoms with Crippen molar-refractivity contribution in [2.45, 2.75) is 12.8 Å². The summed E-state index contributed by atoms with van der Waals surface area (Å²) in [5.74, 6) is 0. The quantitative estimate of drug-likeness (QED) is 0.418.